The number of aromatic nitrogens is 1. The molecule has 2 atom stereocenters. The minimum atomic E-state index is -0.454. The number of aliphatic hydroxyl groups excluding tert-OH is 1. The highest BCUT2D eigenvalue weighted by Gasteiger charge is 2.24. The molecular formula is C17H22N2OS. The summed E-state index contributed by atoms with van der Waals surface area (Å²) in [6, 6.07) is 8.44. The first-order chi connectivity index (χ1) is 10.1. The maximum atomic E-state index is 10.4. The van der Waals surface area contributed by atoms with Crippen molar-refractivity contribution < 1.29 is 5.11 Å². The molecule has 0 saturated carbocycles. The number of nitrogens with one attached hydrogen (secondary N) is 1. The summed E-state index contributed by atoms with van der Waals surface area (Å²) in [5.41, 5.74) is 3.43. The zero-order valence-electron chi connectivity index (χ0n) is 12.6. The van der Waals surface area contributed by atoms with Crippen LogP contribution in [-0.4, -0.2) is 16.6 Å². The van der Waals surface area contributed by atoms with Crippen LogP contribution in [0.3, 0.4) is 0 Å². The molecule has 3 nitrogen and oxygen atoms in total. The average molecular weight is 302 g/mol. The van der Waals surface area contributed by atoms with Gasteiger partial charge in [0.25, 0.3) is 0 Å². The van der Waals surface area contributed by atoms with E-state index in [2.05, 4.69) is 36.3 Å². The maximum Gasteiger partial charge on any atom is 0.0914 e. The minimum Gasteiger partial charge on any atom is -0.387 e. The first kappa shape index (κ1) is 14.7. The van der Waals surface area contributed by atoms with Gasteiger partial charge in [-0.15, -0.1) is 11.3 Å². The molecule has 0 bridgehead atoms. The van der Waals surface area contributed by atoms with Crippen molar-refractivity contribution in [2.45, 2.75) is 45.3 Å². The van der Waals surface area contributed by atoms with Gasteiger partial charge in [-0.25, -0.2) is 4.98 Å². The van der Waals surface area contributed by atoms with Gasteiger partial charge < -0.3 is 10.4 Å². The first-order valence-corrected chi connectivity index (χ1v) is 8.39. The Hall–Kier alpha value is -1.23. The topological polar surface area (TPSA) is 45.1 Å². The van der Waals surface area contributed by atoms with Crippen molar-refractivity contribution in [3.05, 3.63) is 51.0 Å². The summed E-state index contributed by atoms with van der Waals surface area (Å²) in [7, 11) is 0. The second-order valence-corrected chi connectivity index (χ2v) is 7.06. The smallest absolute Gasteiger partial charge is 0.0914 e. The molecule has 1 aliphatic rings. The Balaban J connectivity index is 1.65. The SMILES string of the molecule is Cc1cccc(C(O)CNC2CCCc3nc(C)sc32)c1. The van der Waals surface area contributed by atoms with Gasteiger partial charge in [0.1, 0.15) is 0 Å². The molecule has 0 saturated heterocycles. The van der Waals surface area contributed by atoms with Crippen LogP contribution < -0.4 is 5.32 Å². The third kappa shape index (κ3) is 3.34. The summed E-state index contributed by atoms with van der Waals surface area (Å²) in [6.45, 7) is 4.71. The van der Waals surface area contributed by atoms with Crippen LogP contribution in [0.5, 0.6) is 0 Å². The van der Waals surface area contributed by atoms with Crippen molar-refractivity contribution >= 4 is 11.3 Å². The van der Waals surface area contributed by atoms with Gasteiger partial charge in [0.05, 0.1) is 16.8 Å². The van der Waals surface area contributed by atoms with Crippen LogP contribution in [0.2, 0.25) is 0 Å². The van der Waals surface area contributed by atoms with Gasteiger partial charge in [-0.05, 0) is 38.7 Å². The number of rotatable bonds is 4. The van der Waals surface area contributed by atoms with Crippen molar-refractivity contribution in [3.8, 4) is 0 Å². The Morgan fingerprint density at radius 1 is 1.43 bits per heavy atom. The number of benzene rings is 1. The monoisotopic (exact) mass is 302 g/mol. The van der Waals surface area contributed by atoms with Crippen molar-refractivity contribution in [1.82, 2.24) is 10.3 Å². The lowest BCUT2D eigenvalue weighted by molar-refractivity contribution is 0.168. The highest BCUT2D eigenvalue weighted by Crippen LogP contribution is 2.34. The Morgan fingerprint density at radius 3 is 3.10 bits per heavy atom. The van der Waals surface area contributed by atoms with Gasteiger partial charge in [0, 0.05) is 17.5 Å². The van der Waals surface area contributed by atoms with E-state index in [9.17, 15) is 5.11 Å². The highest BCUT2D eigenvalue weighted by molar-refractivity contribution is 7.11. The fraction of sp³-hybridized carbons (Fsp3) is 0.471. The van der Waals surface area contributed by atoms with E-state index in [-0.39, 0.29) is 0 Å². The zero-order valence-corrected chi connectivity index (χ0v) is 13.4. The number of nitrogens with zero attached hydrogens (tertiary/aromatic N) is 1. The van der Waals surface area contributed by atoms with Crippen LogP contribution in [0.4, 0.5) is 0 Å². The van der Waals surface area contributed by atoms with E-state index >= 15 is 0 Å². The molecule has 0 radical (unpaired) electrons. The van der Waals surface area contributed by atoms with Gasteiger partial charge in [0.15, 0.2) is 0 Å². The van der Waals surface area contributed by atoms with E-state index in [1.54, 1.807) is 11.3 Å². The van der Waals surface area contributed by atoms with Gasteiger partial charge in [-0.1, -0.05) is 29.8 Å². The number of hydrogen-bond donors (Lipinski definition) is 2. The fourth-order valence-corrected chi connectivity index (χ4v) is 4.07. The van der Waals surface area contributed by atoms with E-state index < -0.39 is 6.10 Å². The van der Waals surface area contributed by atoms with Gasteiger partial charge in [-0.3, -0.25) is 0 Å². The maximum absolute atomic E-state index is 10.4. The van der Waals surface area contributed by atoms with E-state index in [1.165, 1.54) is 22.6 Å². The van der Waals surface area contributed by atoms with Crippen molar-refractivity contribution in [1.29, 1.82) is 0 Å². The third-order valence-electron chi connectivity index (χ3n) is 4.04. The zero-order chi connectivity index (χ0) is 14.8. The quantitative estimate of drug-likeness (QED) is 0.909. The number of thiazole rings is 1. The Labute approximate surface area is 130 Å². The third-order valence-corrected chi connectivity index (χ3v) is 5.17. The fourth-order valence-electron chi connectivity index (χ4n) is 2.99. The predicted octanol–water partition coefficient (Wildman–Crippen LogP) is 3.46. The van der Waals surface area contributed by atoms with Crippen LogP contribution in [0.1, 0.15) is 51.7 Å². The molecule has 1 aliphatic carbocycles. The number of aliphatic hydroxyl groups is 1. The second kappa shape index (κ2) is 6.26. The summed E-state index contributed by atoms with van der Waals surface area (Å²) in [5.74, 6) is 0. The summed E-state index contributed by atoms with van der Waals surface area (Å²) >= 11 is 1.79. The highest BCUT2D eigenvalue weighted by atomic mass is 32.1. The van der Waals surface area contributed by atoms with Crippen molar-refractivity contribution in [3.63, 3.8) is 0 Å². The van der Waals surface area contributed by atoms with E-state index in [1.807, 2.05) is 12.1 Å². The van der Waals surface area contributed by atoms with E-state index in [4.69, 9.17) is 0 Å². The van der Waals surface area contributed by atoms with E-state index in [0.29, 0.717) is 12.6 Å². The Bertz CT molecular complexity index is 623. The molecule has 1 heterocycles. The standard InChI is InChI=1S/C17H22N2OS/c1-11-5-3-6-13(9-11)16(20)10-18-14-7-4-8-15-17(14)21-12(2)19-15/h3,5-6,9,14,16,18,20H,4,7-8,10H2,1-2H3. The molecule has 1 aromatic heterocycles. The van der Waals surface area contributed by atoms with Crippen LogP contribution in [-0.2, 0) is 6.42 Å². The lowest BCUT2D eigenvalue weighted by Gasteiger charge is -2.24. The lowest BCUT2D eigenvalue weighted by Crippen LogP contribution is -2.28. The number of aryl methyl sites for hydroxylation is 3. The molecular weight excluding hydrogens is 280 g/mol. The molecule has 3 rings (SSSR count). The van der Waals surface area contributed by atoms with Crippen LogP contribution in [0.15, 0.2) is 24.3 Å². The molecule has 21 heavy (non-hydrogen) atoms. The molecule has 2 unspecified atom stereocenters. The summed E-state index contributed by atoms with van der Waals surface area (Å²) in [5, 5.41) is 15.0. The molecule has 0 amide bonds. The van der Waals surface area contributed by atoms with Gasteiger partial charge in [0.2, 0.25) is 0 Å². The van der Waals surface area contributed by atoms with Crippen LogP contribution >= 0.6 is 11.3 Å². The number of fused-ring (bicyclic) bond motifs is 1. The molecule has 2 aromatic rings. The largest absolute Gasteiger partial charge is 0.387 e. The summed E-state index contributed by atoms with van der Waals surface area (Å²) in [6.07, 6.45) is 2.95. The molecule has 1 aromatic carbocycles. The molecule has 4 heteroatoms. The van der Waals surface area contributed by atoms with Crippen LogP contribution in [0.25, 0.3) is 0 Å². The Kier molecular flexibility index (Phi) is 4.38. The first-order valence-electron chi connectivity index (χ1n) is 7.57. The molecule has 112 valence electrons. The number of hydrogen-bond acceptors (Lipinski definition) is 4. The molecule has 2 N–H and O–H groups in total. The predicted molar refractivity (Wildman–Crippen MR) is 86.7 cm³/mol. The van der Waals surface area contributed by atoms with E-state index in [0.717, 1.165) is 23.4 Å². The normalized spacial score (nSPS) is 19.3. The van der Waals surface area contributed by atoms with Crippen molar-refractivity contribution in [2.75, 3.05) is 6.54 Å². The molecule has 0 spiro atoms. The Morgan fingerprint density at radius 2 is 2.29 bits per heavy atom. The van der Waals surface area contributed by atoms with Gasteiger partial charge in [-0.2, -0.15) is 0 Å². The second-order valence-electron chi connectivity index (χ2n) is 5.83. The minimum absolute atomic E-state index is 0.347. The van der Waals surface area contributed by atoms with Gasteiger partial charge >= 0.3 is 0 Å². The van der Waals surface area contributed by atoms with Crippen molar-refractivity contribution in [2.24, 2.45) is 0 Å². The molecule has 0 aliphatic heterocycles. The summed E-state index contributed by atoms with van der Waals surface area (Å²) < 4.78 is 0. The molecule has 0 fully saturated rings. The van der Waals surface area contributed by atoms with Crippen LogP contribution in [0, 0.1) is 13.8 Å². The average Bonchev–Trinajstić information content (AvgIpc) is 2.85. The lowest BCUT2D eigenvalue weighted by atomic mass is 9.97. The summed E-state index contributed by atoms with van der Waals surface area (Å²) in [4.78, 5) is 5.98.